The highest BCUT2D eigenvalue weighted by molar-refractivity contribution is 5.83. The summed E-state index contributed by atoms with van der Waals surface area (Å²) in [6, 6.07) is 11.0. The largest absolute Gasteiger partial charge is 0.204 e. The highest BCUT2D eigenvalue weighted by Crippen LogP contribution is 2.38. The number of hydrogen-bond donors (Lipinski definition) is 0. The van der Waals surface area contributed by atoms with Gasteiger partial charge in [-0.05, 0) is 30.2 Å². The van der Waals surface area contributed by atoms with Crippen LogP contribution >= 0.6 is 0 Å². The van der Waals surface area contributed by atoms with E-state index in [0.717, 1.165) is 11.8 Å². The van der Waals surface area contributed by atoms with Gasteiger partial charge in [0.05, 0.1) is 0 Å². The van der Waals surface area contributed by atoms with Crippen LogP contribution in [0.4, 0.5) is 0 Å². The molecule has 1 aromatic heterocycles. The number of rotatable bonds is 1. The first-order valence-electron chi connectivity index (χ1n) is 7.14. The number of nitrogens with zero attached hydrogens (tertiary/aromatic N) is 1. The van der Waals surface area contributed by atoms with Gasteiger partial charge >= 0.3 is 0 Å². The van der Waals surface area contributed by atoms with Gasteiger partial charge < -0.3 is 0 Å². The summed E-state index contributed by atoms with van der Waals surface area (Å²) in [7, 11) is 2.20. The third kappa shape index (κ3) is 1.92. The predicted octanol–water partition coefficient (Wildman–Crippen LogP) is 3.96. The van der Waals surface area contributed by atoms with Crippen molar-refractivity contribution in [3.8, 4) is 0 Å². The maximum Gasteiger partial charge on any atom is 0.192 e. The average Bonchev–Trinajstić information content (AvgIpc) is 2.40. The fraction of sp³-hybridized carbons (Fsp3) is 0.471. The summed E-state index contributed by atoms with van der Waals surface area (Å²) < 4.78 is 2.34. The monoisotopic (exact) mass is 240 g/mol. The van der Waals surface area contributed by atoms with Crippen molar-refractivity contribution in [1.29, 1.82) is 0 Å². The summed E-state index contributed by atoms with van der Waals surface area (Å²) in [5.41, 5.74) is 1.54. The Bertz CT molecular complexity index is 559. The molecule has 18 heavy (non-hydrogen) atoms. The van der Waals surface area contributed by atoms with E-state index in [4.69, 9.17) is 0 Å². The minimum Gasteiger partial charge on any atom is -0.204 e. The number of benzene rings is 1. The van der Waals surface area contributed by atoms with Gasteiger partial charge in [-0.25, -0.2) is 4.57 Å². The van der Waals surface area contributed by atoms with E-state index in [1.165, 1.54) is 36.5 Å². The minimum absolute atomic E-state index is 0.731. The molecule has 0 radical (unpaired) electrons. The lowest BCUT2D eigenvalue weighted by atomic mass is 9.77. The molecule has 1 nitrogen and oxygen atoms in total. The second kappa shape index (κ2) is 4.72. The van der Waals surface area contributed by atoms with Crippen molar-refractivity contribution in [2.24, 2.45) is 13.0 Å². The van der Waals surface area contributed by atoms with E-state index >= 15 is 0 Å². The lowest BCUT2D eigenvalue weighted by Gasteiger charge is -2.27. The van der Waals surface area contributed by atoms with E-state index in [9.17, 15) is 0 Å². The molecule has 0 spiro atoms. The molecule has 0 aliphatic heterocycles. The van der Waals surface area contributed by atoms with Crippen LogP contribution in [0, 0.1) is 5.92 Å². The third-order valence-electron chi connectivity index (χ3n) is 4.56. The molecule has 1 aromatic carbocycles. The Kier molecular flexibility index (Phi) is 3.07. The quantitative estimate of drug-likeness (QED) is 0.664. The Labute approximate surface area is 109 Å². The molecular weight excluding hydrogens is 218 g/mol. The van der Waals surface area contributed by atoms with E-state index in [-0.39, 0.29) is 0 Å². The normalized spacial score (nSPS) is 24.3. The molecule has 3 rings (SSSR count). The van der Waals surface area contributed by atoms with Crippen molar-refractivity contribution < 1.29 is 4.57 Å². The molecule has 0 saturated heterocycles. The summed E-state index contributed by atoms with van der Waals surface area (Å²) in [6.45, 7) is 2.42. The molecule has 1 fully saturated rings. The van der Waals surface area contributed by atoms with Gasteiger partial charge in [0, 0.05) is 17.4 Å². The number of fused-ring (bicyclic) bond motifs is 1. The summed E-state index contributed by atoms with van der Waals surface area (Å²) in [5, 5.41) is 2.82. The van der Waals surface area contributed by atoms with Crippen molar-refractivity contribution in [2.75, 3.05) is 0 Å². The zero-order valence-electron chi connectivity index (χ0n) is 11.4. The van der Waals surface area contributed by atoms with Crippen LogP contribution < -0.4 is 4.57 Å². The zero-order valence-corrected chi connectivity index (χ0v) is 11.4. The van der Waals surface area contributed by atoms with E-state index in [0.29, 0.717) is 0 Å². The SMILES string of the molecule is C[C@@H]1CCCCC1c1c2ccccc2cc[n+]1C. The molecule has 1 aliphatic carbocycles. The standard InChI is InChI=1S/C17H22N/c1-13-7-3-5-9-15(13)17-16-10-6-4-8-14(16)11-12-18(17)2/h4,6,8,10-13,15H,3,5,7,9H2,1-2H3/q+1/t13-,15?/m1/s1. The van der Waals surface area contributed by atoms with Gasteiger partial charge in [-0.15, -0.1) is 0 Å². The highest BCUT2D eigenvalue weighted by atomic mass is 14.9. The van der Waals surface area contributed by atoms with Crippen molar-refractivity contribution in [3.63, 3.8) is 0 Å². The van der Waals surface area contributed by atoms with Crippen molar-refractivity contribution in [2.45, 2.75) is 38.5 Å². The molecule has 2 aromatic rings. The highest BCUT2D eigenvalue weighted by Gasteiger charge is 2.30. The summed E-state index contributed by atoms with van der Waals surface area (Å²) >= 11 is 0. The van der Waals surface area contributed by atoms with Gasteiger partial charge in [0.15, 0.2) is 11.9 Å². The van der Waals surface area contributed by atoms with Crippen molar-refractivity contribution >= 4 is 10.8 Å². The first kappa shape index (κ1) is 11.7. The molecule has 1 heterocycles. The van der Waals surface area contributed by atoms with E-state index in [1.54, 1.807) is 5.69 Å². The van der Waals surface area contributed by atoms with Crippen molar-refractivity contribution in [3.05, 3.63) is 42.2 Å². The van der Waals surface area contributed by atoms with E-state index < -0.39 is 0 Å². The maximum absolute atomic E-state index is 2.42. The Balaban J connectivity index is 2.17. The molecule has 1 aliphatic rings. The van der Waals surface area contributed by atoms with Gasteiger partial charge in [-0.2, -0.15) is 0 Å². The molecule has 0 amide bonds. The zero-order chi connectivity index (χ0) is 12.5. The summed E-state index contributed by atoms with van der Waals surface area (Å²) in [5.74, 6) is 1.55. The Morgan fingerprint density at radius 2 is 1.83 bits per heavy atom. The number of aromatic nitrogens is 1. The summed E-state index contributed by atoms with van der Waals surface area (Å²) in [4.78, 5) is 0. The van der Waals surface area contributed by atoms with Crippen LogP contribution in [0.25, 0.3) is 10.8 Å². The van der Waals surface area contributed by atoms with Crippen LogP contribution in [-0.2, 0) is 7.05 Å². The summed E-state index contributed by atoms with van der Waals surface area (Å²) in [6.07, 6.45) is 7.75. The maximum atomic E-state index is 2.42. The average molecular weight is 240 g/mol. The molecule has 1 saturated carbocycles. The Morgan fingerprint density at radius 1 is 1.06 bits per heavy atom. The van der Waals surface area contributed by atoms with Crippen LogP contribution in [0.15, 0.2) is 36.5 Å². The smallest absolute Gasteiger partial charge is 0.192 e. The molecule has 2 atom stereocenters. The molecule has 0 N–H and O–H groups in total. The second-order valence-corrected chi connectivity index (χ2v) is 5.77. The van der Waals surface area contributed by atoms with Gasteiger partial charge in [0.2, 0.25) is 0 Å². The van der Waals surface area contributed by atoms with Gasteiger partial charge in [0.25, 0.3) is 0 Å². The molecular formula is C17H22N+. The van der Waals surface area contributed by atoms with Gasteiger partial charge in [-0.1, -0.05) is 38.0 Å². The third-order valence-corrected chi connectivity index (χ3v) is 4.56. The van der Waals surface area contributed by atoms with Gasteiger partial charge in [0.1, 0.15) is 7.05 Å². The first-order chi connectivity index (χ1) is 8.77. The van der Waals surface area contributed by atoms with Gasteiger partial charge in [-0.3, -0.25) is 0 Å². The van der Waals surface area contributed by atoms with Crippen molar-refractivity contribution in [1.82, 2.24) is 0 Å². The van der Waals surface area contributed by atoms with Crippen LogP contribution in [-0.4, -0.2) is 0 Å². The van der Waals surface area contributed by atoms with E-state index in [2.05, 4.69) is 55.1 Å². The second-order valence-electron chi connectivity index (χ2n) is 5.77. The Morgan fingerprint density at radius 3 is 2.67 bits per heavy atom. The lowest BCUT2D eigenvalue weighted by molar-refractivity contribution is -0.679. The van der Waals surface area contributed by atoms with Crippen LogP contribution in [0.3, 0.4) is 0 Å². The molecule has 94 valence electrons. The number of hydrogen-bond acceptors (Lipinski definition) is 0. The number of pyridine rings is 1. The molecule has 0 bridgehead atoms. The topological polar surface area (TPSA) is 3.88 Å². The number of aryl methyl sites for hydroxylation is 1. The van der Waals surface area contributed by atoms with E-state index in [1.807, 2.05) is 0 Å². The fourth-order valence-electron chi connectivity index (χ4n) is 3.52. The Hall–Kier alpha value is -1.37. The van der Waals surface area contributed by atoms with Crippen LogP contribution in [0.1, 0.15) is 44.2 Å². The lowest BCUT2D eigenvalue weighted by Crippen LogP contribution is -2.37. The fourth-order valence-corrected chi connectivity index (χ4v) is 3.52. The predicted molar refractivity (Wildman–Crippen MR) is 75.5 cm³/mol. The first-order valence-corrected chi connectivity index (χ1v) is 7.14. The molecule has 1 unspecified atom stereocenters. The van der Waals surface area contributed by atoms with Crippen LogP contribution in [0.5, 0.6) is 0 Å². The van der Waals surface area contributed by atoms with Crippen LogP contribution in [0.2, 0.25) is 0 Å². The molecule has 1 heteroatoms. The minimum atomic E-state index is 0.731.